The van der Waals surface area contributed by atoms with Gasteiger partial charge in [-0.05, 0) is 72.8 Å². The first kappa shape index (κ1) is 33.8. The molecule has 0 radical (unpaired) electrons. The maximum absolute atomic E-state index is 13.4. The Morgan fingerprint density at radius 1 is 0.673 bits per heavy atom. The molecule has 2 aromatic carbocycles. The van der Waals surface area contributed by atoms with Crippen molar-refractivity contribution in [1.29, 1.82) is 5.26 Å². The first-order valence-corrected chi connectivity index (χ1v) is 17.6. The molecule has 8 aromatic rings. The molecule has 15 heteroatoms. The van der Waals surface area contributed by atoms with Gasteiger partial charge in [0.1, 0.15) is 52.0 Å². The van der Waals surface area contributed by atoms with Gasteiger partial charge in [-0.3, -0.25) is 13.6 Å². The van der Waals surface area contributed by atoms with Gasteiger partial charge in [0.15, 0.2) is 0 Å². The smallest absolute Gasteiger partial charge is 0.267 e. The Hall–Kier alpha value is -7.02. The second-order valence-electron chi connectivity index (χ2n) is 13.2. The van der Waals surface area contributed by atoms with Gasteiger partial charge in [0, 0.05) is 60.8 Å². The Morgan fingerprint density at radius 3 is 1.65 bits per heavy atom. The molecule has 55 heavy (non-hydrogen) atoms. The van der Waals surface area contributed by atoms with E-state index in [0.29, 0.717) is 30.1 Å². The molecule has 0 saturated heterocycles. The number of nitrogens with zero attached hydrogens (tertiary/aromatic N) is 9. The van der Waals surface area contributed by atoms with E-state index in [-0.39, 0.29) is 11.6 Å². The molecule has 0 fully saturated rings. The van der Waals surface area contributed by atoms with Crippen molar-refractivity contribution < 1.29 is 13.6 Å². The molecule has 8 heterocycles. The molecule has 13 nitrogen and oxygen atoms in total. The maximum Gasteiger partial charge on any atom is 0.267 e. The van der Waals surface area contributed by atoms with Crippen molar-refractivity contribution >= 4 is 17.2 Å². The Labute approximate surface area is 312 Å². The number of carbonyl (C=O) groups excluding carboxylic acids is 1. The maximum atomic E-state index is 13.4. The SMILES string of the molecule is N#Cc1cnc2ccc(-c3c(-c4ccc(F)cc4)nc4n3CCNC4)cn12.NC(=O)c1cnc2ccc(-c3c(-c4ccc(F)cc4)nc4n3CCNC4)cn12. The average molecular weight is 735 g/mol. The van der Waals surface area contributed by atoms with Crippen LogP contribution < -0.4 is 16.4 Å². The van der Waals surface area contributed by atoms with Crippen LogP contribution in [0.25, 0.3) is 56.3 Å². The number of nitrogens with one attached hydrogen (secondary N) is 2. The van der Waals surface area contributed by atoms with E-state index in [2.05, 4.69) is 35.8 Å². The number of benzene rings is 2. The topological polar surface area (TPSA) is 161 Å². The van der Waals surface area contributed by atoms with Gasteiger partial charge in [-0.15, -0.1) is 0 Å². The minimum absolute atomic E-state index is 0.274. The van der Waals surface area contributed by atoms with E-state index in [4.69, 9.17) is 15.7 Å². The standard InChI is InChI=1S/C20H17FN6O.C20H15FN6/c21-14-4-1-12(2-5-14)18-19(26-8-7-23-10-17(26)25-18)13-3-6-16-24-9-15(20(22)28)27(16)11-13;21-15-4-1-13(2-5-15)19-20(26-8-7-23-11-18(26)25-19)14-3-6-17-24-10-16(9-22)27(17)12-14/h1-6,9,11,23H,7-8,10H2,(H2,22,28);1-6,10,12,23H,7-8,11H2. The lowest BCUT2D eigenvalue weighted by Gasteiger charge is -2.18. The van der Waals surface area contributed by atoms with Crippen LogP contribution in [0, 0.1) is 23.0 Å². The van der Waals surface area contributed by atoms with Gasteiger partial charge < -0.3 is 25.5 Å². The van der Waals surface area contributed by atoms with Crippen molar-refractivity contribution in [1.82, 2.24) is 48.5 Å². The molecule has 2 aliphatic rings. The van der Waals surface area contributed by atoms with E-state index in [9.17, 15) is 18.8 Å². The summed E-state index contributed by atoms with van der Waals surface area (Å²) in [5.41, 5.74) is 14.6. The molecule has 272 valence electrons. The highest BCUT2D eigenvalue weighted by atomic mass is 19.1. The average Bonchev–Trinajstić information content (AvgIpc) is 4.00. The monoisotopic (exact) mass is 734 g/mol. The van der Waals surface area contributed by atoms with Crippen molar-refractivity contribution in [3.05, 3.63) is 132 Å². The fraction of sp³-hybridized carbons (Fsp3) is 0.150. The first-order valence-electron chi connectivity index (χ1n) is 17.6. The lowest BCUT2D eigenvalue weighted by Crippen LogP contribution is -2.28. The number of primary amides is 1. The number of amides is 1. The molecule has 4 N–H and O–H groups in total. The molecule has 2 aliphatic heterocycles. The number of carbonyl (C=O) groups is 1. The molecule has 0 atom stereocenters. The molecular formula is C40H32F2N12O. The van der Waals surface area contributed by atoms with E-state index in [1.807, 2.05) is 36.7 Å². The van der Waals surface area contributed by atoms with Crippen LogP contribution in [0.5, 0.6) is 0 Å². The number of nitriles is 1. The summed E-state index contributed by atoms with van der Waals surface area (Å²) in [6.45, 7) is 4.60. The Kier molecular flexibility index (Phi) is 8.45. The van der Waals surface area contributed by atoms with Crippen LogP contribution in [0.4, 0.5) is 8.78 Å². The van der Waals surface area contributed by atoms with Gasteiger partial charge in [0.2, 0.25) is 0 Å². The third kappa shape index (κ3) is 6.09. The van der Waals surface area contributed by atoms with Gasteiger partial charge >= 0.3 is 0 Å². The number of fused-ring (bicyclic) bond motifs is 4. The molecular weight excluding hydrogens is 703 g/mol. The summed E-state index contributed by atoms with van der Waals surface area (Å²) in [5, 5.41) is 16.0. The normalized spacial score (nSPS) is 13.5. The minimum Gasteiger partial charge on any atom is -0.364 e. The van der Waals surface area contributed by atoms with Crippen molar-refractivity contribution in [2.45, 2.75) is 26.2 Å². The summed E-state index contributed by atoms with van der Waals surface area (Å²) in [6, 6.07) is 22.5. The second kappa shape index (κ2) is 13.8. The Balaban J connectivity index is 0.000000144. The quantitative estimate of drug-likeness (QED) is 0.218. The fourth-order valence-corrected chi connectivity index (χ4v) is 7.24. The molecule has 10 rings (SSSR count). The predicted molar refractivity (Wildman–Crippen MR) is 200 cm³/mol. The van der Waals surface area contributed by atoms with E-state index >= 15 is 0 Å². The van der Waals surface area contributed by atoms with E-state index in [0.717, 1.165) is 88.5 Å². The highest BCUT2D eigenvalue weighted by Gasteiger charge is 2.24. The molecule has 0 bridgehead atoms. The van der Waals surface area contributed by atoms with E-state index in [1.54, 1.807) is 39.3 Å². The molecule has 1 amide bonds. The predicted octanol–water partition coefficient (Wildman–Crippen LogP) is 5.18. The molecule has 0 unspecified atom stereocenters. The number of halogens is 2. The molecule has 0 spiro atoms. The summed E-state index contributed by atoms with van der Waals surface area (Å²) < 4.78 is 34.6. The number of aromatic nitrogens is 8. The number of imidazole rings is 4. The lowest BCUT2D eigenvalue weighted by molar-refractivity contribution is 0.0994. The van der Waals surface area contributed by atoms with Gasteiger partial charge in [0.05, 0.1) is 48.3 Å². The second-order valence-corrected chi connectivity index (χ2v) is 13.2. The van der Waals surface area contributed by atoms with Crippen molar-refractivity contribution in [3.63, 3.8) is 0 Å². The Morgan fingerprint density at radius 2 is 1.15 bits per heavy atom. The first-order chi connectivity index (χ1) is 26.9. The highest BCUT2D eigenvalue weighted by Crippen LogP contribution is 2.36. The third-order valence-corrected chi connectivity index (χ3v) is 9.84. The zero-order chi connectivity index (χ0) is 37.6. The summed E-state index contributed by atoms with van der Waals surface area (Å²) in [7, 11) is 0. The van der Waals surface area contributed by atoms with Crippen molar-refractivity contribution in [2.24, 2.45) is 5.73 Å². The largest absolute Gasteiger partial charge is 0.364 e. The van der Waals surface area contributed by atoms with Crippen LogP contribution in [0.1, 0.15) is 27.8 Å². The molecule has 6 aromatic heterocycles. The van der Waals surface area contributed by atoms with E-state index in [1.165, 1.54) is 30.5 Å². The van der Waals surface area contributed by atoms with Crippen LogP contribution in [0.3, 0.4) is 0 Å². The van der Waals surface area contributed by atoms with Crippen molar-refractivity contribution in [2.75, 3.05) is 13.1 Å². The van der Waals surface area contributed by atoms with Crippen LogP contribution in [0.15, 0.2) is 97.6 Å². The highest BCUT2D eigenvalue weighted by molar-refractivity contribution is 5.92. The number of nitrogens with two attached hydrogens (primary N) is 1. The number of rotatable bonds is 5. The van der Waals surface area contributed by atoms with Crippen molar-refractivity contribution in [3.8, 4) is 51.1 Å². The summed E-state index contributed by atoms with van der Waals surface area (Å²) >= 11 is 0. The van der Waals surface area contributed by atoms with Gasteiger partial charge in [-0.1, -0.05) is 0 Å². The fourth-order valence-electron chi connectivity index (χ4n) is 7.24. The number of hydrogen-bond donors (Lipinski definition) is 3. The molecule has 0 saturated carbocycles. The summed E-state index contributed by atoms with van der Waals surface area (Å²) in [5.74, 6) is 0.762. The van der Waals surface area contributed by atoms with E-state index < -0.39 is 5.91 Å². The number of hydrogen-bond acceptors (Lipinski definition) is 8. The van der Waals surface area contributed by atoms with Crippen LogP contribution in [-0.2, 0) is 26.2 Å². The number of pyridine rings is 2. The summed E-state index contributed by atoms with van der Waals surface area (Å²) in [4.78, 5) is 29.9. The zero-order valence-corrected chi connectivity index (χ0v) is 29.2. The minimum atomic E-state index is -0.539. The van der Waals surface area contributed by atoms with Crippen LogP contribution >= 0.6 is 0 Å². The summed E-state index contributed by atoms with van der Waals surface area (Å²) in [6.07, 6.45) is 6.80. The third-order valence-electron chi connectivity index (χ3n) is 9.84. The lowest BCUT2D eigenvalue weighted by atomic mass is 10.1. The molecule has 0 aliphatic carbocycles. The Bertz CT molecular complexity index is 2790. The zero-order valence-electron chi connectivity index (χ0n) is 29.2. The van der Waals surface area contributed by atoms with Gasteiger partial charge in [-0.25, -0.2) is 28.7 Å². The van der Waals surface area contributed by atoms with Gasteiger partial charge in [-0.2, -0.15) is 5.26 Å². The van der Waals surface area contributed by atoms with Crippen LogP contribution in [0.2, 0.25) is 0 Å². The van der Waals surface area contributed by atoms with Gasteiger partial charge in [0.25, 0.3) is 5.91 Å². The van der Waals surface area contributed by atoms with Crippen LogP contribution in [-0.4, -0.2) is 56.9 Å².